The molecule has 4 rings (SSSR count). The minimum atomic E-state index is -3.20. The number of hydrogen-bond acceptors (Lipinski definition) is 8. The lowest BCUT2D eigenvalue weighted by Crippen LogP contribution is -2.21. The Hall–Kier alpha value is -3.26. The molecular formula is C28H36N5O4P. The summed E-state index contributed by atoms with van der Waals surface area (Å²) in [6.45, 7) is 9.57. The zero-order valence-corrected chi connectivity index (χ0v) is 23.3. The van der Waals surface area contributed by atoms with Crippen molar-refractivity contribution in [2.24, 2.45) is 5.92 Å². The largest absolute Gasteiger partial charge is 0.441 e. The molecule has 2 N–H and O–H groups in total. The van der Waals surface area contributed by atoms with Crippen LogP contribution >= 0.6 is 7.37 Å². The number of aromatic nitrogens is 4. The molecule has 202 valence electrons. The second-order valence-electron chi connectivity index (χ2n) is 9.83. The number of imidazole rings is 1. The number of ether oxygens (including phenoxy) is 2. The second kappa shape index (κ2) is 12.5. The molecule has 4 aromatic rings. The number of aryl methyl sites for hydroxylation is 2. The third kappa shape index (κ3) is 7.19. The van der Waals surface area contributed by atoms with E-state index in [1.54, 1.807) is 18.5 Å². The molecule has 0 aliphatic rings. The average Bonchev–Trinajstić information content (AvgIpc) is 3.29. The molecule has 2 aromatic carbocycles. The molecular weight excluding hydrogens is 501 g/mol. The zero-order chi connectivity index (χ0) is 27.1. The maximum absolute atomic E-state index is 14.0. The van der Waals surface area contributed by atoms with Crippen molar-refractivity contribution in [3.63, 3.8) is 0 Å². The van der Waals surface area contributed by atoms with Gasteiger partial charge in [0.05, 0.1) is 32.2 Å². The molecule has 9 nitrogen and oxygen atoms in total. The lowest BCUT2D eigenvalue weighted by molar-refractivity contribution is 0.0803. The van der Waals surface area contributed by atoms with E-state index in [4.69, 9.17) is 19.7 Å². The van der Waals surface area contributed by atoms with Gasteiger partial charge in [0, 0.05) is 6.16 Å². The standard InChI is InChI=1S/C28H36N5O4P/c1-20(14-35-15-25-21(2)9-8-10-22(25)3)16-38(34,37-24-11-6-5-7-12-24)19-36-23(4)13-33-18-32-26-27(29)30-17-31-28(26)33/h5-12,17-18,20,23H,13-16,19H2,1-4H3,(H2,29,30,31)/t20?,23-,38?/m1/s1. The number of nitrogen functional groups attached to an aromatic ring is 1. The zero-order valence-electron chi connectivity index (χ0n) is 22.4. The molecule has 38 heavy (non-hydrogen) atoms. The summed E-state index contributed by atoms with van der Waals surface area (Å²) in [6, 6.07) is 15.4. The molecule has 0 saturated carbocycles. The molecule has 2 aromatic heterocycles. The Labute approximate surface area is 223 Å². The van der Waals surface area contributed by atoms with Gasteiger partial charge in [-0.2, -0.15) is 0 Å². The first kappa shape index (κ1) is 27.8. The maximum Gasteiger partial charge on any atom is 0.273 e. The number of hydrogen-bond donors (Lipinski definition) is 1. The molecule has 0 bridgehead atoms. The van der Waals surface area contributed by atoms with Crippen LogP contribution in [0.15, 0.2) is 61.2 Å². The SMILES string of the molecule is Cc1cccc(C)c1COCC(C)CP(=O)(CO[C@H](C)Cn1cnc2c(N)ncnc21)Oc1ccccc1. The van der Waals surface area contributed by atoms with E-state index in [-0.39, 0.29) is 18.4 Å². The predicted octanol–water partition coefficient (Wildman–Crippen LogP) is 5.60. The molecule has 2 heterocycles. The summed E-state index contributed by atoms with van der Waals surface area (Å²) in [6.07, 6.45) is 3.11. The Balaban J connectivity index is 1.38. The minimum absolute atomic E-state index is 0.00467. The van der Waals surface area contributed by atoms with Crippen LogP contribution in [0.25, 0.3) is 11.2 Å². The maximum atomic E-state index is 14.0. The lowest BCUT2D eigenvalue weighted by Gasteiger charge is -2.25. The normalized spacial score (nSPS) is 14.7. The van der Waals surface area contributed by atoms with E-state index >= 15 is 0 Å². The number of benzene rings is 2. The Bertz CT molecular complexity index is 1370. The summed E-state index contributed by atoms with van der Waals surface area (Å²) >= 11 is 0. The van der Waals surface area contributed by atoms with Gasteiger partial charge in [-0.05, 0) is 55.5 Å². The van der Waals surface area contributed by atoms with Gasteiger partial charge in [-0.25, -0.2) is 15.0 Å². The van der Waals surface area contributed by atoms with Crippen LogP contribution in [0, 0.1) is 19.8 Å². The third-order valence-electron chi connectivity index (χ3n) is 6.34. The van der Waals surface area contributed by atoms with Gasteiger partial charge in [0.1, 0.15) is 23.9 Å². The summed E-state index contributed by atoms with van der Waals surface area (Å²) < 4.78 is 34.1. The van der Waals surface area contributed by atoms with Crippen molar-refractivity contribution in [3.05, 3.63) is 77.9 Å². The van der Waals surface area contributed by atoms with E-state index in [0.717, 1.165) is 0 Å². The van der Waals surface area contributed by atoms with Gasteiger partial charge >= 0.3 is 0 Å². The van der Waals surface area contributed by atoms with E-state index in [0.29, 0.717) is 48.7 Å². The monoisotopic (exact) mass is 537 g/mol. The molecule has 2 unspecified atom stereocenters. The third-order valence-corrected chi connectivity index (χ3v) is 8.60. The first-order valence-electron chi connectivity index (χ1n) is 12.7. The van der Waals surface area contributed by atoms with E-state index in [2.05, 4.69) is 40.9 Å². The van der Waals surface area contributed by atoms with Crippen LogP contribution < -0.4 is 10.3 Å². The van der Waals surface area contributed by atoms with Crippen molar-refractivity contribution in [2.75, 3.05) is 24.9 Å². The first-order valence-corrected chi connectivity index (χ1v) is 14.7. The molecule has 0 aliphatic carbocycles. The van der Waals surface area contributed by atoms with Crippen molar-refractivity contribution in [3.8, 4) is 5.75 Å². The smallest absolute Gasteiger partial charge is 0.273 e. The predicted molar refractivity (Wildman–Crippen MR) is 149 cm³/mol. The second-order valence-corrected chi connectivity index (χ2v) is 12.3. The average molecular weight is 538 g/mol. The molecule has 0 radical (unpaired) electrons. The Morgan fingerprint density at radius 3 is 2.47 bits per heavy atom. The number of para-hydroxylation sites is 1. The van der Waals surface area contributed by atoms with E-state index in [9.17, 15) is 4.57 Å². The highest BCUT2D eigenvalue weighted by atomic mass is 31.2. The van der Waals surface area contributed by atoms with E-state index in [1.807, 2.05) is 42.7 Å². The highest BCUT2D eigenvalue weighted by molar-refractivity contribution is 7.59. The van der Waals surface area contributed by atoms with Crippen LogP contribution in [0.5, 0.6) is 5.75 Å². The van der Waals surface area contributed by atoms with Crippen molar-refractivity contribution in [1.29, 1.82) is 0 Å². The fraction of sp³-hybridized carbons (Fsp3) is 0.393. The summed E-state index contributed by atoms with van der Waals surface area (Å²) in [7, 11) is -3.20. The van der Waals surface area contributed by atoms with Crippen molar-refractivity contribution < 1.29 is 18.6 Å². The van der Waals surface area contributed by atoms with Crippen LogP contribution in [0.4, 0.5) is 5.82 Å². The quantitative estimate of drug-likeness (QED) is 0.219. The van der Waals surface area contributed by atoms with Gasteiger partial charge in [-0.3, -0.25) is 4.57 Å². The van der Waals surface area contributed by atoms with Crippen molar-refractivity contribution in [1.82, 2.24) is 19.5 Å². The fourth-order valence-corrected chi connectivity index (χ4v) is 6.63. The highest BCUT2D eigenvalue weighted by Gasteiger charge is 2.29. The van der Waals surface area contributed by atoms with Gasteiger partial charge in [0.15, 0.2) is 11.5 Å². The lowest BCUT2D eigenvalue weighted by atomic mass is 10.0. The van der Waals surface area contributed by atoms with Crippen LogP contribution in [0.2, 0.25) is 0 Å². The molecule has 0 spiro atoms. The van der Waals surface area contributed by atoms with Gasteiger partial charge in [-0.1, -0.05) is 43.3 Å². The summed E-state index contributed by atoms with van der Waals surface area (Å²) in [5.41, 5.74) is 10.7. The van der Waals surface area contributed by atoms with E-state index in [1.165, 1.54) is 23.0 Å². The van der Waals surface area contributed by atoms with Crippen LogP contribution in [-0.4, -0.2) is 44.7 Å². The molecule has 3 atom stereocenters. The van der Waals surface area contributed by atoms with Gasteiger partial charge in [0.25, 0.3) is 7.37 Å². The van der Waals surface area contributed by atoms with Crippen LogP contribution in [0.3, 0.4) is 0 Å². The first-order chi connectivity index (χ1) is 18.2. The van der Waals surface area contributed by atoms with Crippen molar-refractivity contribution in [2.45, 2.75) is 47.0 Å². The molecule has 0 amide bonds. The summed E-state index contributed by atoms with van der Waals surface area (Å²) in [4.78, 5) is 12.6. The molecule has 0 saturated heterocycles. The number of anilines is 1. The number of nitrogens with two attached hydrogens (primary N) is 1. The van der Waals surface area contributed by atoms with Crippen LogP contribution in [0.1, 0.15) is 30.5 Å². The Morgan fingerprint density at radius 2 is 1.74 bits per heavy atom. The van der Waals surface area contributed by atoms with E-state index < -0.39 is 7.37 Å². The topological polar surface area (TPSA) is 114 Å². The fourth-order valence-electron chi connectivity index (χ4n) is 4.36. The molecule has 0 aliphatic heterocycles. The Morgan fingerprint density at radius 1 is 1.00 bits per heavy atom. The number of nitrogens with zero attached hydrogens (tertiary/aromatic N) is 4. The van der Waals surface area contributed by atoms with Crippen molar-refractivity contribution >= 4 is 24.4 Å². The summed E-state index contributed by atoms with van der Waals surface area (Å²) in [5.74, 6) is 0.894. The van der Waals surface area contributed by atoms with Crippen LogP contribution in [-0.2, 0) is 27.2 Å². The summed E-state index contributed by atoms with van der Waals surface area (Å²) in [5, 5.41) is 0. The van der Waals surface area contributed by atoms with Gasteiger partial charge in [-0.15, -0.1) is 0 Å². The molecule has 0 fully saturated rings. The van der Waals surface area contributed by atoms with Gasteiger partial charge < -0.3 is 24.3 Å². The number of rotatable bonds is 13. The minimum Gasteiger partial charge on any atom is -0.441 e. The molecule has 10 heteroatoms. The highest BCUT2D eigenvalue weighted by Crippen LogP contribution is 2.49. The Kier molecular flexibility index (Phi) is 9.15. The number of fused-ring (bicyclic) bond motifs is 1. The van der Waals surface area contributed by atoms with Gasteiger partial charge in [0.2, 0.25) is 0 Å².